The van der Waals surface area contributed by atoms with Crippen LogP contribution < -0.4 is 11.1 Å². The number of hydrogen-bond donors (Lipinski definition) is 3. The average molecular weight is 335 g/mol. The van der Waals surface area contributed by atoms with Gasteiger partial charge in [-0.15, -0.1) is 0 Å². The van der Waals surface area contributed by atoms with E-state index in [0.717, 1.165) is 10.0 Å². The van der Waals surface area contributed by atoms with Crippen LogP contribution in [0.2, 0.25) is 0 Å². The lowest BCUT2D eigenvalue weighted by atomic mass is 10.1. The second-order valence-electron chi connectivity index (χ2n) is 4.61. The van der Waals surface area contributed by atoms with Crippen molar-refractivity contribution in [2.75, 3.05) is 11.1 Å². The predicted octanol–water partition coefficient (Wildman–Crippen LogP) is 3.61. The summed E-state index contributed by atoms with van der Waals surface area (Å²) in [6, 6.07) is 8.62. The van der Waals surface area contributed by atoms with E-state index in [1.807, 2.05) is 13.0 Å². The van der Waals surface area contributed by atoms with Gasteiger partial charge in [0, 0.05) is 4.47 Å². The Morgan fingerprint density at radius 2 is 1.95 bits per heavy atom. The quantitative estimate of drug-likeness (QED) is 0.734. The molecule has 0 radical (unpaired) electrons. The molecule has 2 aromatic rings. The number of amides is 1. The van der Waals surface area contributed by atoms with E-state index in [2.05, 4.69) is 21.2 Å². The van der Waals surface area contributed by atoms with Crippen LogP contribution in [0.5, 0.6) is 5.75 Å². The smallest absolute Gasteiger partial charge is 0.259 e. The number of anilines is 2. The highest BCUT2D eigenvalue weighted by molar-refractivity contribution is 9.10. The summed E-state index contributed by atoms with van der Waals surface area (Å²) in [7, 11) is 0. The number of nitrogen functional groups attached to an aromatic ring is 1. The Hall–Kier alpha value is -2.01. The molecule has 0 atom stereocenters. The minimum atomic E-state index is -0.386. The van der Waals surface area contributed by atoms with Crippen molar-refractivity contribution >= 4 is 33.2 Å². The topological polar surface area (TPSA) is 75.4 Å². The van der Waals surface area contributed by atoms with E-state index in [1.165, 1.54) is 0 Å². The average Bonchev–Trinajstić information content (AvgIpc) is 2.36. The monoisotopic (exact) mass is 334 g/mol. The van der Waals surface area contributed by atoms with Gasteiger partial charge in [-0.3, -0.25) is 4.79 Å². The van der Waals surface area contributed by atoms with Crippen molar-refractivity contribution in [2.24, 2.45) is 0 Å². The zero-order valence-electron chi connectivity index (χ0n) is 11.2. The van der Waals surface area contributed by atoms with Gasteiger partial charge in [-0.1, -0.05) is 28.1 Å². The maximum atomic E-state index is 12.2. The highest BCUT2D eigenvalue weighted by atomic mass is 79.9. The summed E-state index contributed by atoms with van der Waals surface area (Å²) >= 11 is 3.35. The molecule has 0 heterocycles. The summed E-state index contributed by atoms with van der Waals surface area (Å²) in [6.07, 6.45) is 0. The Bertz CT molecular complexity index is 661. The first-order chi connectivity index (χ1) is 9.40. The van der Waals surface area contributed by atoms with Crippen LogP contribution in [0.15, 0.2) is 34.8 Å². The molecule has 0 bridgehead atoms. The number of rotatable bonds is 2. The number of carbonyl (C=O) groups excluding carboxylic acids is 1. The van der Waals surface area contributed by atoms with E-state index in [9.17, 15) is 9.90 Å². The van der Waals surface area contributed by atoms with Crippen LogP contribution in [0, 0.1) is 13.8 Å². The van der Waals surface area contributed by atoms with Crippen molar-refractivity contribution in [1.29, 1.82) is 0 Å². The molecule has 0 aliphatic carbocycles. The molecule has 20 heavy (non-hydrogen) atoms. The number of halogens is 1. The molecule has 0 saturated heterocycles. The normalized spacial score (nSPS) is 10.3. The van der Waals surface area contributed by atoms with Crippen molar-refractivity contribution in [1.82, 2.24) is 0 Å². The summed E-state index contributed by atoms with van der Waals surface area (Å²) in [4.78, 5) is 12.2. The Morgan fingerprint density at radius 1 is 1.25 bits per heavy atom. The molecular weight excluding hydrogens is 320 g/mol. The highest BCUT2D eigenvalue weighted by Gasteiger charge is 2.15. The Kier molecular flexibility index (Phi) is 3.99. The first kappa shape index (κ1) is 14.4. The molecule has 0 aliphatic heterocycles. The van der Waals surface area contributed by atoms with Gasteiger partial charge in [0.2, 0.25) is 0 Å². The third kappa shape index (κ3) is 2.77. The number of hydrogen-bond acceptors (Lipinski definition) is 3. The maximum Gasteiger partial charge on any atom is 0.259 e. The fourth-order valence-corrected chi connectivity index (χ4v) is 2.55. The second kappa shape index (κ2) is 5.54. The minimum Gasteiger partial charge on any atom is -0.507 e. The fraction of sp³-hybridized carbons (Fsp3) is 0.133. The van der Waals surface area contributed by atoms with Crippen LogP contribution >= 0.6 is 15.9 Å². The minimum absolute atomic E-state index is 0.0154. The van der Waals surface area contributed by atoms with E-state index in [0.29, 0.717) is 16.9 Å². The molecular formula is C15H15BrN2O2. The summed E-state index contributed by atoms with van der Waals surface area (Å²) in [5, 5.41) is 12.7. The number of benzene rings is 2. The fourth-order valence-electron chi connectivity index (χ4n) is 1.96. The lowest BCUT2D eigenvalue weighted by molar-refractivity contribution is 0.102. The van der Waals surface area contributed by atoms with E-state index >= 15 is 0 Å². The molecule has 0 saturated carbocycles. The molecule has 0 unspecified atom stereocenters. The third-order valence-electron chi connectivity index (χ3n) is 3.05. The maximum absolute atomic E-state index is 12.2. The van der Waals surface area contributed by atoms with Crippen molar-refractivity contribution in [2.45, 2.75) is 13.8 Å². The van der Waals surface area contributed by atoms with Gasteiger partial charge in [0.1, 0.15) is 5.75 Å². The van der Waals surface area contributed by atoms with Crippen LogP contribution in [0.1, 0.15) is 21.5 Å². The van der Waals surface area contributed by atoms with E-state index in [1.54, 1.807) is 31.2 Å². The summed E-state index contributed by atoms with van der Waals surface area (Å²) in [5.74, 6) is -0.401. The van der Waals surface area contributed by atoms with Crippen LogP contribution in [0.4, 0.5) is 11.4 Å². The number of phenols is 1. The van der Waals surface area contributed by atoms with Gasteiger partial charge in [0.05, 0.1) is 16.9 Å². The number of nitrogens with one attached hydrogen (secondary N) is 1. The zero-order valence-corrected chi connectivity index (χ0v) is 12.8. The molecule has 4 N–H and O–H groups in total. The van der Waals surface area contributed by atoms with Gasteiger partial charge in [0.15, 0.2) is 0 Å². The summed E-state index contributed by atoms with van der Waals surface area (Å²) in [5.41, 5.74) is 8.66. The van der Waals surface area contributed by atoms with Crippen LogP contribution in [0.3, 0.4) is 0 Å². The van der Waals surface area contributed by atoms with E-state index in [-0.39, 0.29) is 17.2 Å². The molecule has 2 aromatic carbocycles. The largest absolute Gasteiger partial charge is 0.507 e. The number of aromatic hydroxyl groups is 1. The summed E-state index contributed by atoms with van der Waals surface area (Å²) in [6.45, 7) is 3.60. The van der Waals surface area contributed by atoms with E-state index in [4.69, 9.17) is 5.73 Å². The molecule has 4 nitrogen and oxygen atoms in total. The van der Waals surface area contributed by atoms with Gasteiger partial charge < -0.3 is 16.2 Å². The second-order valence-corrected chi connectivity index (χ2v) is 5.53. The van der Waals surface area contributed by atoms with Crippen LogP contribution in [-0.4, -0.2) is 11.0 Å². The van der Waals surface area contributed by atoms with Crippen LogP contribution in [0.25, 0.3) is 0 Å². The molecule has 0 aliphatic rings. The van der Waals surface area contributed by atoms with Gasteiger partial charge in [0.25, 0.3) is 5.91 Å². The molecule has 2 rings (SSSR count). The van der Waals surface area contributed by atoms with Crippen molar-refractivity contribution in [3.05, 3.63) is 51.5 Å². The number of carbonyl (C=O) groups is 1. The van der Waals surface area contributed by atoms with Crippen molar-refractivity contribution in [3.63, 3.8) is 0 Å². The first-order valence-corrected chi connectivity index (χ1v) is 6.85. The summed E-state index contributed by atoms with van der Waals surface area (Å²) < 4.78 is 0.851. The molecule has 1 amide bonds. The van der Waals surface area contributed by atoms with Gasteiger partial charge in [-0.25, -0.2) is 0 Å². The molecule has 0 fully saturated rings. The molecule has 5 heteroatoms. The Morgan fingerprint density at radius 3 is 2.60 bits per heavy atom. The zero-order chi connectivity index (χ0) is 14.9. The Labute approximate surface area is 125 Å². The molecule has 0 spiro atoms. The van der Waals surface area contributed by atoms with Gasteiger partial charge >= 0.3 is 0 Å². The number of aryl methyl sites for hydroxylation is 2. The van der Waals surface area contributed by atoms with Crippen LogP contribution in [-0.2, 0) is 0 Å². The van der Waals surface area contributed by atoms with Crippen molar-refractivity contribution < 1.29 is 9.90 Å². The predicted molar refractivity (Wildman–Crippen MR) is 84.1 cm³/mol. The van der Waals surface area contributed by atoms with Gasteiger partial charge in [-0.2, -0.15) is 0 Å². The number of para-hydroxylation sites is 1. The highest BCUT2D eigenvalue weighted by Crippen LogP contribution is 2.29. The Balaban J connectivity index is 2.36. The van der Waals surface area contributed by atoms with Gasteiger partial charge in [-0.05, 0) is 43.2 Å². The van der Waals surface area contributed by atoms with Crippen molar-refractivity contribution in [3.8, 4) is 5.75 Å². The molecule has 104 valence electrons. The molecule has 0 aromatic heterocycles. The van der Waals surface area contributed by atoms with E-state index < -0.39 is 0 Å². The lowest BCUT2D eigenvalue weighted by Gasteiger charge is -2.13. The number of nitrogens with two attached hydrogens (primary N) is 1. The third-order valence-corrected chi connectivity index (χ3v) is 3.51. The lowest BCUT2D eigenvalue weighted by Crippen LogP contribution is -2.14. The number of phenolic OH excluding ortho intramolecular Hbond substituents is 1. The first-order valence-electron chi connectivity index (χ1n) is 6.05. The standard InChI is InChI=1S/C15H15BrN2O2/c1-8-4-3-5-11(14(8)19)15(20)18-13-9(2)6-10(16)7-12(13)17/h3-7,19H,17H2,1-2H3,(H,18,20). The SMILES string of the molecule is Cc1cccc(C(=O)Nc2c(C)cc(Br)cc2N)c1O.